The summed E-state index contributed by atoms with van der Waals surface area (Å²) >= 11 is 3.28. The number of aliphatic carboxylic acids is 1. The van der Waals surface area contributed by atoms with Crippen molar-refractivity contribution in [1.29, 1.82) is 0 Å². The van der Waals surface area contributed by atoms with Crippen LogP contribution in [0.1, 0.15) is 19.4 Å². The van der Waals surface area contributed by atoms with E-state index in [1.54, 1.807) is 13.0 Å². The first-order chi connectivity index (χ1) is 9.38. The molecule has 0 bridgehead atoms. The number of phenols is 1. The van der Waals surface area contributed by atoms with Crippen molar-refractivity contribution in [2.45, 2.75) is 20.4 Å². The molecule has 1 unspecified atom stereocenters. The molecule has 6 heteroatoms. The Kier molecular flexibility index (Phi) is 6.29. The van der Waals surface area contributed by atoms with Gasteiger partial charge in [0.15, 0.2) is 11.5 Å². The summed E-state index contributed by atoms with van der Waals surface area (Å²) in [6.45, 7) is 5.51. The Labute approximate surface area is 127 Å². The van der Waals surface area contributed by atoms with Gasteiger partial charge in [-0.1, -0.05) is 13.8 Å². The quantitative estimate of drug-likeness (QED) is 0.794. The standard InChI is InChI=1S/C14H20BrNO4/c1-4-16(7-9(2)14(18)19)8-10-5-11(15)13(17)12(6-10)20-3/h5-6,9,17H,4,7-8H2,1-3H3,(H,18,19). The molecule has 0 fully saturated rings. The van der Waals surface area contributed by atoms with Gasteiger partial charge < -0.3 is 14.9 Å². The van der Waals surface area contributed by atoms with Crippen molar-refractivity contribution in [3.63, 3.8) is 0 Å². The molecule has 0 aromatic heterocycles. The molecular formula is C14H20BrNO4. The summed E-state index contributed by atoms with van der Waals surface area (Å²) in [4.78, 5) is 13.0. The van der Waals surface area contributed by atoms with Crippen LogP contribution in [0.5, 0.6) is 11.5 Å². The highest BCUT2D eigenvalue weighted by Gasteiger charge is 2.16. The van der Waals surface area contributed by atoms with Gasteiger partial charge in [-0.3, -0.25) is 9.69 Å². The van der Waals surface area contributed by atoms with E-state index in [1.165, 1.54) is 7.11 Å². The molecule has 1 rings (SSSR count). The van der Waals surface area contributed by atoms with Gasteiger partial charge in [0.25, 0.3) is 0 Å². The lowest BCUT2D eigenvalue weighted by atomic mass is 10.1. The Hall–Kier alpha value is -1.27. The summed E-state index contributed by atoms with van der Waals surface area (Å²) in [5, 5.41) is 18.7. The van der Waals surface area contributed by atoms with Crippen molar-refractivity contribution < 1.29 is 19.7 Å². The van der Waals surface area contributed by atoms with Crippen LogP contribution in [0.3, 0.4) is 0 Å². The maximum absolute atomic E-state index is 10.9. The number of carbonyl (C=O) groups is 1. The third kappa shape index (κ3) is 4.38. The molecular weight excluding hydrogens is 326 g/mol. The lowest BCUT2D eigenvalue weighted by molar-refractivity contribution is -0.141. The predicted molar refractivity (Wildman–Crippen MR) is 80.1 cm³/mol. The Bertz CT molecular complexity index is 478. The van der Waals surface area contributed by atoms with Crippen molar-refractivity contribution in [2.75, 3.05) is 20.2 Å². The van der Waals surface area contributed by atoms with Crippen LogP contribution in [-0.2, 0) is 11.3 Å². The van der Waals surface area contributed by atoms with Gasteiger partial charge in [-0.2, -0.15) is 0 Å². The topological polar surface area (TPSA) is 70.0 Å². The van der Waals surface area contributed by atoms with Crippen molar-refractivity contribution in [2.24, 2.45) is 5.92 Å². The molecule has 1 aromatic carbocycles. The molecule has 0 radical (unpaired) electrons. The highest BCUT2D eigenvalue weighted by Crippen LogP contribution is 2.35. The maximum Gasteiger partial charge on any atom is 0.307 e. The monoisotopic (exact) mass is 345 g/mol. The normalized spacial score (nSPS) is 12.4. The van der Waals surface area contributed by atoms with Gasteiger partial charge in [0, 0.05) is 13.1 Å². The number of halogens is 1. The van der Waals surface area contributed by atoms with E-state index in [0.717, 1.165) is 12.1 Å². The summed E-state index contributed by atoms with van der Waals surface area (Å²) in [5.41, 5.74) is 0.950. The Morgan fingerprint density at radius 3 is 2.65 bits per heavy atom. The summed E-state index contributed by atoms with van der Waals surface area (Å²) < 4.78 is 5.67. The molecule has 0 saturated heterocycles. The third-order valence-electron chi connectivity index (χ3n) is 3.12. The lowest BCUT2D eigenvalue weighted by Gasteiger charge is -2.23. The van der Waals surface area contributed by atoms with Crippen LogP contribution in [0.2, 0.25) is 0 Å². The Morgan fingerprint density at radius 1 is 1.50 bits per heavy atom. The second-order valence-corrected chi connectivity index (χ2v) is 5.55. The smallest absolute Gasteiger partial charge is 0.307 e. The second kappa shape index (κ2) is 7.50. The van der Waals surface area contributed by atoms with Crippen LogP contribution in [0.4, 0.5) is 0 Å². The zero-order valence-corrected chi connectivity index (χ0v) is 13.5. The molecule has 0 aliphatic heterocycles. The van der Waals surface area contributed by atoms with Gasteiger partial charge in [-0.05, 0) is 40.2 Å². The fourth-order valence-corrected chi connectivity index (χ4v) is 2.39. The molecule has 0 spiro atoms. The first-order valence-electron chi connectivity index (χ1n) is 6.39. The van der Waals surface area contributed by atoms with Gasteiger partial charge in [0.2, 0.25) is 0 Å². The molecule has 0 heterocycles. The van der Waals surface area contributed by atoms with Crippen LogP contribution in [0.25, 0.3) is 0 Å². The molecule has 1 atom stereocenters. The SMILES string of the molecule is CCN(Cc1cc(Br)c(O)c(OC)c1)CC(C)C(=O)O. The van der Waals surface area contributed by atoms with E-state index < -0.39 is 11.9 Å². The van der Waals surface area contributed by atoms with Crippen LogP contribution >= 0.6 is 15.9 Å². The zero-order valence-electron chi connectivity index (χ0n) is 11.9. The number of carboxylic acid groups (broad SMARTS) is 1. The predicted octanol–water partition coefficient (Wildman–Crippen LogP) is 2.71. The maximum atomic E-state index is 10.9. The van der Waals surface area contributed by atoms with E-state index in [1.807, 2.05) is 17.9 Å². The first-order valence-corrected chi connectivity index (χ1v) is 7.18. The molecule has 0 amide bonds. The van der Waals surface area contributed by atoms with E-state index in [0.29, 0.717) is 23.3 Å². The van der Waals surface area contributed by atoms with E-state index in [2.05, 4.69) is 15.9 Å². The number of carboxylic acids is 1. The number of ether oxygens (including phenoxy) is 1. The molecule has 0 aliphatic rings. The largest absolute Gasteiger partial charge is 0.503 e. The highest BCUT2D eigenvalue weighted by molar-refractivity contribution is 9.10. The number of aromatic hydroxyl groups is 1. The summed E-state index contributed by atoms with van der Waals surface area (Å²) in [6.07, 6.45) is 0. The number of methoxy groups -OCH3 is 1. The fourth-order valence-electron chi connectivity index (χ4n) is 1.90. The lowest BCUT2D eigenvalue weighted by Crippen LogP contribution is -2.31. The number of phenolic OH excluding ortho intramolecular Hbond substituents is 1. The Morgan fingerprint density at radius 2 is 2.15 bits per heavy atom. The van der Waals surface area contributed by atoms with Gasteiger partial charge in [0.05, 0.1) is 17.5 Å². The zero-order chi connectivity index (χ0) is 15.3. The minimum atomic E-state index is -0.798. The Balaban J connectivity index is 2.85. The molecule has 20 heavy (non-hydrogen) atoms. The van der Waals surface area contributed by atoms with E-state index in [-0.39, 0.29) is 5.75 Å². The summed E-state index contributed by atoms with van der Waals surface area (Å²) in [5.74, 6) is -0.750. The van der Waals surface area contributed by atoms with Crippen molar-refractivity contribution in [1.82, 2.24) is 4.90 Å². The number of hydrogen-bond acceptors (Lipinski definition) is 4. The third-order valence-corrected chi connectivity index (χ3v) is 3.72. The number of nitrogens with zero attached hydrogens (tertiary/aromatic N) is 1. The molecule has 5 nitrogen and oxygen atoms in total. The average Bonchev–Trinajstić information content (AvgIpc) is 2.41. The molecule has 112 valence electrons. The minimum Gasteiger partial charge on any atom is -0.503 e. The average molecular weight is 346 g/mol. The van der Waals surface area contributed by atoms with Crippen molar-refractivity contribution in [3.8, 4) is 11.5 Å². The van der Waals surface area contributed by atoms with Crippen LogP contribution in [0, 0.1) is 5.92 Å². The minimum absolute atomic E-state index is 0.0678. The van der Waals surface area contributed by atoms with Gasteiger partial charge >= 0.3 is 5.97 Å². The first kappa shape index (κ1) is 16.8. The number of hydrogen-bond donors (Lipinski definition) is 2. The second-order valence-electron chi connectivity index (χ2n) is 4.70. The molecule has 0 saturated carbocycles. The highest BCUT2D eigenvalue weighted by atomic mass is 79.9. The number of benzene rings is 1. The fraction of sp³-hybridized carbons (Fsp3) is 0.500. The van der Waals surface area contributed by atoms with Gasteiger partial charge in [-0.25, -0.2) is 0 Å². The van der Waals surface area contributed by atoms with E-state index in [9.17, 15) is 9.90 Å². The summed E-state index contributed by atoms with van der Waals surface area (Å²) in [6, 6.07) is 3.57. The van der Waals surface area contributed by atoms with E-state index >= 15 is 0 Å². The van der Waals surface area contributed by atoms with Crippen LogP contribution in [-0.4, -0.2) is 41.3 Å². The van der Waals surface area contributed by atoms with Crippen LogP contribution in [0.15, 0.2) is 16.6 Å². The molecule has 0 aliphatic carbocycles. The van der Waals surface area contributed by atoms with Gasteiger partial charge in [0.1, 0.15) is 0 Å². The molecule has 1 aromatic rings. The van der Waals surface area contributed by atoms with Crippen LogP contribution < -0.4 is 4.74 Å². The van der Waals surface area contributed by atoms with Crippen molar-refractivity contribution in [3.05, 3.63) is 22.2 Å². The molecule has 2 N–H and O–H groups in total. The summed E-state index contributed by atoms with van der Waals surface area (Å²) in [7, 11) is 1.50. The van der Waals surface area contributed by atoms with Crippen molar-refractivity contribution >= 4 is 21.9 Å². The van der Waals surface area contributed by atoms with Gasteiger partial charge in [-0.15, -0.1) is 0 Å². The van der Waals surface area contributed by atoms with E-state index in [4.69, 9.17) is 9.84 Å². The number of rotatable bonds is 7.